The molecule has 0 aliphatic carbocycles. The molecule has 1 aromatic heterocycles. The number of nitrogens with zero attached hydrogens (tertiary/aromatic N) is 1. The molecule has 1 aromatic carbocycles. The minimum atomic E-state index is -1.37. The highest BCUT2D eigenvalue weighted by molar-refractivity contribution is 8.18. The van der Waals surface area contributed by atoms with Crippen LogP contribution >= 0.6 is 23.1 Å². The molecule has 148 valence electrons. The molecule has 0 radical (unpaired) electrons. The zero-order valence-corrected chi connectivity index (χ0v) is 16.1. The zero-order chi connectivity index (χ0) is 21.1. The van der Waals surface area contributed by atoms with E-state index in [-0.39, 0.29) is 21.7 Å². The van der Waals surface area contributed by atoms with Crippen molar-refractivity contribution in [3.05, 3.63) is 56.6 Å². The van der Waals surface area contributed by atoms with Crippen LogP contribution in [0, 0.1) is 0 Å². The van der Waals surface area contributed by atoms with Gasteiger partial charge in [-0.15, -0.1) is 11.3 Å². The van der Waals surface area contributed by atoms with Crippen molar-refractivity contribution >= 4 is 63.9 Å². The number of nitrogens with one attached hydrogen (secondary N) is 1. The molecule has 11 heteroatoms. The molecule has 0 bridgehead atoms. The smallest absolute Gasteiger partial charge is 0.335 e. The molecule has 0 unspecified atom stereocenters. The Morgan fingerprint density at radius 2 is 1.72 bits per heavy atom. The average molecular weight is 432 g/mol. The van der Waals surface area contributed by atoms with Gasteiger partial charge < -0.3 is 15.5 Å². The topological polar surface area (TPSA) is 141 Å². The second kappa shape index (κ2) is 8.29. The first-order valence-corrected chi connectivity index (χ1v) is 9.64. The summed E-state index contributed by atoms with van der Waals surface area (Å²) in [6, 6.07) is 6.69. The molecule has 1 fully saturated rings. The van der Waals surface area contributed by atoms with E-state index in [1.807, 2.05) is 5.38 Å². The molecule has 0 saturated carbocycles. The van der Waals surface area contributed by atoms with E-state index in [1.54, 1.807) is 18.2 Å². The molecule has 0 atom stereocenters. The van der Waals surface area contributed by atoms with Crippen LogP contribution < -0.4 is 5.32 Å². The Hall–Kier alpha value is -3.44. The third kappa shape index (κ3) is 4.70. The maximum absolute atomic E-state index is 12.4. The minimum absolute atomic E-state index is 0.0756. The minimum Gasteiger partial charge on any atom is -0.478 e. The fourth-order valence-electron chi connectivity index (χ4n) is 2.43. The normalized spacial score (nSPS) is 15.0. The highest BCUT2D eigenvalue weighted by Crippen LogP contribution is 2.32. The number of hydrogen-bond acceptors (Lipinski definition) is 7. The van der Waals surface area contributed by atoms with Crippen molar-refractivity contribution in [2.45, 2.75) is 0 Å². The van der Waals surface area contributed by atoms with E-state index in [0.717, 1.165) is 28.0 Å². The van der Waals surface area contributed by atoms with Crippen molar-refractivity contribution in [1.29, 1.82) is 0 Å². The Kier molecular flexibility index (Phi) is 5.80. The molecular weight excluding hydrogens is 420 g/mol. The van der Waals surface area contributed by atoms with E-state index in [1.165, 1.54) is 11.3 Å². The number of amides is 3. The van der Waals surface area contributed by atoms with Gasteiger partial charge in [-0.05, 0) is 47.5 Å². The number of carbonyl (C=O) groups is 5. The number of rotatable bonds is 6. The molecule has 29 heavy (non-hydrogen) atoms. The maximum Gasteiger partial charge on any atom is 0.335 e. The van der Waals surface area contributed by atoms with Gasteiger partial charge in [-0.3, -0.25) is 19.3 Å². The molecule has 3 amide bonds. The van der Waals surface area contributed by atoms with Gasteiger partial charge in [-0.25, -0.2) is 9.59 Å². The molecule has 3 N–H and O–H groups in total. The number of benzene rings is 1. The second-order valence-electron chi connectivity index (χ2n) is 5.74. The van der Waals surface area contributed by atoms with Gasteiger partial charge >= 0.3 is 11.9 Å². The molecule has 9 nitrogen and oxygen atoms in total. The van der Waals surface area contributed by atoms with Crippen LogP contribution in [0.15, 0.2) is 40.6 Å². The van der Waals surface area contributed by atoms with Crippen LogP contribution in [0.2, 0.25) is 0 Å². The fraction of sp³-hybridized carbons (Fsp3) is 0.0556. The van der Waals surface area contributed by atoms with E-state index >= 15 is 0 Å². The number of thioether (sulfide) groups is 1. The first-order chi connectivity index (χ1) is 13.7. The van der Waals surface area contributed by atoms with Gasteiger partial charge in [0.25, 0.3) is 11.1 Å². The summed E-state index contributed by atoms with van der Waals surface area (Å²) in [6.45, 7) is -0.591. The SMILES string of the molecule is O=C(CN1C(=O)S/C(=C\c2cccs2)C1=O)Nc1cc(C(=O)O)cc(C(=O)O)c1. The van der Waals surface area contributed by atoms with Crippen LogP contribution in [0.25, 0.3) is 6.08 Å². The Labute approximate surface area is 171 Å². The van der Waals surface area contributed by atoms with Gasteiger partial charge in [-0.2, -0.15) is 0 Å². The Balaban J connectivity index is 1.74. The Morgan fingerprint density at radius 3 is 2.28 bits per heavy atom. The summed E-state index contributed by atoms with van der Waals surface area (Å²) in [6.07, 6.45) is 1.56. The molecule has 3 rings (SSSR count). The predicted octanol–water partition coefficient (Wildman–Crippen LogP) is 2.82. The molecule has 1 saturated heterocycles. The summed E-state index contributed by atoms with van der Waals surface area (Å²) < 4.78 is 0. The fourth-order valence-corrected chi connectivity index (χ4v) is 3.99. The van der Waals surface area contributed by atoms with E-state index in [2.05, 4.69) is 5.32 Å². The number of thiophene rings is 1. The molecule has 0 spiro atoms. The summed E-state index contributed by atoms with van der Waals surface area (Å²) in [7, 11) is 0. The molecular formula is C18H12N2O7S2. The van der Waals surface area contributed by atoms with Crippen molar-refractivity contribution < 1.29 is 34.2 Å². The van der Waals surface area contributed by atoms with Crippen LogP contribution in [0.5, 0.6) is 0 Å². The quantitative estimate of drug-likeness (QED) is 0.592. The van der Waals surface area contributed by atoms with Crippen molar-refractivity contribution in [2.24, 2.45) is 0 Å². The maximum atomic E-state index is 12.4. The molecule has 1 aliphatic rings. The van der Waals surface area contributed by atoms with Crippen LogP contribution in [0.3, 0.4) is 0 Å². The lowest BCUT2D eigenvalue weighted by Gasteiger charge is -2.13. The monoisotopic (exact) mass is 432 g/mol. The number of carboxylic acids is 2. The number of imide groups is 1. The number of carboxylic acid groups (broad SMARTS) is 2. The zero-order valence-electron chi connectivity index (χ0n) is 14.4. The third-order valence-corrected chi connectivity index (χ3v) is 5.43. The number of carbonyl (C=O) groups excluding carboxylic acids is 3. The van der Waals surface area contributed by atoms with Gasteiger partial charge in [-0.1, -0.05) is 6.07 Å². The molecule has 2 heterocycles. The lowest BCUT2D eigenvalue weighted by atomic mass is 10.1. The van der Waals surface area contributed by atoms with E-state index in [0.29, 0.717) is 11.8 Å². The summed E-state index contributed by atoms with van der Waals surface area (Å²) in [5.74, 6) is -4.13. The second-order valence-corrected chi connectivity index (χ2v) is 7.71. The van der Waals surface area contributed by atoms with E-state index < -0.39 is 35.5 Å². The van der Waals surface area contributed by atoms with Crippen molar-refractivity contribution in [1.82, 2.24) is 4.90 Å². The van der Waals surface area contributed by atoms with Gasteiger partial charge in [0.2, 0.25) is 5.91 Å². The number of anilines is 1. The van der Waals surface area contributed by atoms with Gasteiger partial charge in [0.05, 0.1) is 16.0 Å². The number of aromatic carboxylic acids is 2. The first kappa shape index (κ1) is 20.3. The third-order valence-electron chi connectivity index (χ3n) is 3.70. The van der Waals surface area contributed by atoms with Crippen LogP contribution in [0.1, 0.15) is 25.6 Å². The Bertz CT molecular complexity index is 1030. The summed E-state index contributed by atoms with van der Waals surface area (Å²) >= 11 is 2.10. The predicted molar refractivity (Wildman–Crippen MR) is 106 cm³/mol. The lowest BCUT2D eigenvalue weighted by Crippen LogP contribution is -2.36. The largest absolute Gasteiger partial charge is 0.478 e. The van der Waals surface area contributed by atoms with Crippen molar-refractivity contribution in [2.75, 3.05) is 11.9 Å². The van der Waals surface area contributed by atoms with Gasteiger partial charge in [0.1, 0.15) is 6.54 Å². The van der Waals surface area contributed by atoms with Gasteiger partial charge in [0, 0.05) is 10.6 Å². The van der Waals surface area contributed by atoms with Crippen LogP contribution in [-0.2, 0) is 9.59 Å². The lowest BCUT2D eigenvalue weighted by molar-refractivity contribution is -0.127. The van der Waals surface area contributed by atoms with Crippen LogP contribution in [-0.4, -0.2) is 50.6 Å². The summed E-state index contributed by atoms with van der Waals surface area (Å²) in [5, 5.41) is 21.7. The molecule has 1 aliphatic heterocycles. The van der Waals surface area contributed by atoms with E-state index in [9.17, 15) is 24.0 Å². The summed E-state index contributed by atoms with van der Waals surface area (Å²) in [4.78, 5) is 60.8. The van der Waals surface area contributed by atoms with Crippen molar-refractivity contribution in [3.63, 3.8) is 0 Å². The highest BCUT2D eigenvalue weighted by Gasteiger charge is 2.36. The molecule has 2 aromatic rings. The average Bonchev–Trinajstić information content (AvgIpc) is 3.25. The number of hydrogen-bond donors (Lipinski definition) is 3. The highest BCUT2D eigenvalue weighted by atomic mass is 32.2. The standard InChI is InChI=1S/C18H12N2O7S2/c21-14(19-11-5-9(16(23)24)4-10(6-11)17(25)26)8-20-15(22)13(29-18(20)27)7-12-2-1-3-28-12/h1-7H,8H2,(H,19,21)(H,23,24)(H,25,26)/b13-7-. The van der Waals surface area contributed by atoms with Gasteiger partial charge in [0.15, 0.2) is 0 Å². The van der Waals surface area contributed by atoms with Crippen molar-refractivity contribution in [3.8, 4) is 0 Å². The Morgan fingerprint density at radius 1 is 1.07 bits per heavy atom. The summed E-state index contributed by atoms with van der Waals surface area (Å²) in [5.41, 5.74) is -0.733. The van der Waals surface area contributed by atoms with E-state index in [4.69, 9.17) is 10.2 Å². The van der Waals surface area contributed by atoms with Crippen LogP contribution in [0.4, 0.5) is 10.5 Å². The first-order valence-electron chi connectivity index (χ1n) is 7.95.